The van der Waals surface area contributed by atoms with Crippen LogP contribution in [0.2, 0.25) is 0 Å². The number of alkyl halides is 6. The van der Waals surface area contributed by atoms with Crippen molar-refractivity contribution in [2.24, 2.45) is 14.1 Å². The first-order valence-electron chi connectivity index (χ1n) is 12.5. The maximum Gasteiger partial charge on any atom is 0.455 e. The third-order valence-corrected chi connectivity index (χ3v) is 7.10. The summed E-state index contributed by atoms with van der Waals surface area (Å²) in [6, 6.07) is 7.87. The lowest BCUT2D eigenvalue weighted by molar-refractivity contribution is -0.660. The second kappa shape index (κ2) is 11.1. The van der Waals surface area contributed by atoms with Crippen LogP contribution in [0.5, 0.6) is 0 Å². The van der Waals surface area contributed by atoms with Crippen LogP contribution in [-0.4, -0.2) is 23.9 Å². The fourth-order valence-corrected chi connectivity index (χ4v) is 5.05. The molecule has 14 heteroatoms. The molecule has 0 fully saturated rings. The Labute approximate surface area is 242 Å². The van der Waals surface area contributed by atoms with Gasteiger partial charge < -0.3 is 0 Å². The summed E-state index contributed by atoms with van der Waals surface area (Å²) in [5, 5.41) is 0. The highest BCUT2D eigenvalue weighted by Crippen LogP contribution is 2.45. The molecule has 230 valence electrons. The van der Waals surface area contributed by atoms with Crippen LogP contribution in [0.15, 0.2) is 48.8 Å². The van der Waals surface area contributed by atoms with Crippen molar-refractivity contribution in [3.63, 3.8) is 0 Å². The van der Waals surface area contributed by atoms with Gasteiger partial charge in [-0.05, 0) is 37.1 Å². The molecule has 0 unspecified atom stereocenters. The number of benzene rings is 2. The van der Waals surface area contributed by atoms with Gasteiger partial charge >= 0.3 is 12.4 Å². The molecular formula is C30H20F10N2O2+2. The molecule has 0 N–H and O–H groups in total. The molecule has 2 heterocycles. The highest BCUT2D eigenvalue weighted by Gasteiger charge is 2.47. The van der Waals surface area contributed by atoms with Gasteiger partial charge in [0.2, 0.25) is 11.4 Å². The number of nitrogens with zero attached hydrogens (tertiary/aromatic N) is 2. The highest BCUT2D eigenvalue weighted by atomic mass is 19.4. The Morgan fingerprint density at radius 2 is 0.841 bits per heavy atom. The van der Waals surface area contributed by atoms with Crippen molar-refractivity contribution in [2.45, 2.75) is 26.2 Å². The fourth-order valence-electron chi connectivity index (χ4n) is 5.05. The molecule has 44 heavy (non-hydrogen) atoms. The molecule has 0 aliphatic rings. The predicted molar refractivity (Wildman–Crippen MR) is 135 cm³/mol. The zero-order chi connectivity index (χ0) is 33.0. The Hall–Kier alpha value is -4.62. The van der Waals surface area contributed by atoms with Gasteiger partial charge in [-0.1, -0.05) is 0 Å². The summed E-state index contributed by atoms with van der Waals surface area (Å²) in [7, 11) is 2.64. The van der Waals surface area contributed by atoms with Gasteiger partial charge in [-0.25, -0.2) is 26.7 Å². The number of pyridine rings is 2. The molecule has 0 radical (unpaired) electrons. The van der Waals surface area contributed by atoms with Gasteiger partial charge in [0.1, 0.15) is 36.9 Å². The predicted octanol–water partition coefficient (Wildman–Crippen LogP) is 7.00. The number of hydrogen-bond acceptors (Lipinski definition) is 2. The van der Waals surface area contributed by atoms with Crippen molar-refractivity contribution >= 4 is 11.6 Å². The number of aryl methyl sites for hydroxylation is 2. The Morgan fingerprint density at radius 3 is 1.11 bits per heavy atom. The van der Waals surface area contributed by atoms with E-state index in [0.29, 0.717) is 0 Å². The molecule has 4 rings (SSSR count). The molecule has 0 aliphatic heterocycles. The van der Waals surface area contributed by atoms with Gasteiger partial charge in [0, 0.05) is 35.4 Å². The van der Waals surface area contributed by atoms with E-state index in [4.69, 9.17) is 0 Å². The summed E-state index contributed by atoms with van der Waals surface area (Å²) in [4.78, 5) is 24.7. The lowest BCUT2D eigenvalue weighted by atomic mass is 9.83. The zero-order valence-electron chi connectivity index (χ0n) is 23.1. The van der Waals surface area contributed by atoms with Crippen LogP contribution in [-0.2, 0) is 14.1 Å². The van der Waals surface area contributed by atoms with Gasteiger partial charge in [0.25, 0.3) is 11.6 Å². The standard InChI is InChI=1S/C30H20F10N2O2/c1-13-17(15-9-5-7-11-41(15)3)23(31)21(27(43)29(35,36)37)25(33)19(13)20-14(2)18(16-10-6-8-12-42(16)4)24(32)22(26(20)34)28(44)30(38,39)40/h5-12H,1-4H3/q+2. The van der Waals surface area contributed by atoms with Crippen molar-refractivity contribution in [1.29, 1.82) is 0 Å². The van der Waals surface area contributed by atoms with Crippen LogP contribution < -0.4 is 9.13 Å². The van der Waals surface area contributed by atoms with Crippen LogP contribution in [0.4, 0.5) is 43.9 Å². The van der Waals surface area contributed by atoms with Gasteiger partial charge in [-0.2, -0.15) is 26.3 Å². The van der Waals surface area contributed by atoms with E-state index in [1.54, 1.807) is 0 Å². The molecule has 4 aromatic rings. The van der Waals surface area contributed by atoms with Crippen LogP contribution in [0.3, 0.4) is 0 Å². The van der Waals surface area contributed by atoms with Crippen LogP contribution in [0, 0.1) is 37.1 Å². The number of carbonyl (C=O) groups is 2. The molecule has 2 aromatic carbocycles. The van der Waals surface area contributed by atoms with Crippen molar-refractivity contribution in [3.8, 4) is 33.6 Å². The summed E-state index contributed by atoms with van der Waals surface area (Å²) in [6.45, 7) is 1.86. The number of halogens is 10. The lowest BCUT2D eigenvalue weighted by Crippen LogP contribution is -2.32. The first kappa shape index (κ1) is 32.3. The van der Waals surface area contributed by atoms with Crippen molar-refractivity contribution in [3.05, 3.63) is 94.3 Å². The maximum absolute atomic E-state index is 16.2. The first-order valence-corrected chi connectivity index (χ1v) is 12.5. The van der Waals surface area contributed by atoms with E-state index in [1.807, 2.05) is 0 Å². The third kappa shape index (κ3) is 5.22. The first-order chi connectivity index (χ1) is 20.3. The Balaban J connectivity index is 2.33. The summed E-state index contributed by atoms with van der Waals surface area (Å²) < 4.78 is 148. The average molecular weight is 630 g/mol. The third-order valence-electron chi connectivity index (χ3n) is 7.10. The van der Waals surface area contributed by atoms with Crippen LogP contribution >= 0.6 is 0 Å². The van der Waals surface area contributed by atoms with Gasteiger partial charge in [-0.3, -0.25) is 9.59 Å². The molecule has 0 aliphatic carbocycles. The normalized spacial score (nSPS) is 12.0. The molecule has 2 aromatic heterocycles. The summed E-state index contributed by atoms with van der Waals surface area (Å²) >= 11 is 0. The topological polar surface area (TPSA) is 41.9 Å². The Bertz CT molecular complexity index is 1730. The van der Waals surface area contributed by atoms with E-state index in [2.05, 4.69) is 0 Å². The quantitative estimate of drug-likeness (QED) is 0.136. The van der Waals surface area contributed by atoms with Crippen molar-refractivity contribution in [2.75, 3.05) is 0 Å². The molecular weight excluding hydrogens is 610 g/mol. The maximum atomic E-state index is 16.2. The average Bonchev–Trinajstić information content (AvgIpc) is 2.91. The minimum atomic E-state index is -5.85. The summed E-state index contributed by atoms with van der Waals surface area (Å²) in [5.41, 5.74) is -10.3. The number of carbonyl (C=O) groups excluding carboxylic acids is 2. The Morgan fingerprint density at radius 1 is 0.545 bits per heavy atom. The number of hydrogen-bond donors (Lipinski definition) is 0. The summed E-state index contributed by atoms with van der Waals surface area (Å²) in [6.07, 6.45) is -9.05. The monoisotopic (exact) mass is 630 g/mol. The number of rotatable bonds is 5. The zero-order valence-corrected chi connectivity index (χ0v) is 23.1. The van der Waals surface area contributed by atoms with E-state index < -0.39 is 91.7 Å². The van der Waals surface area contributed by atoms with Gasteiger partial charge in [-0.15, -0.1) is 0 Å². The number of ketones is 2. The van der Waals surface area contributed by atoms with Crippen molar-refractivity contribution < 1.29 is 62.6 Å². The SMILES string of the molecule is Cc1c(-c2c(C)c(-c3cccc[n+]3C)c(F)c(C(=O)C(F)(F)F)c2F)c(F)c(C(=O)C(F)(F)F)c(F)c1-c1cccc[n+]1C. The molecule has 0 atom stereocenters. The van der Waals surface area contributed by atoms with Crippen molar-refractivity contribution in [1.82, 2.24) is 0 Å². The van der Waals surface area contributed by atoms with E-state index in [9.17, 15) is 35.9 Å². The van der Waals surface area contributed by atoms with Gasteiger partial charge in [0.15, 0.2) is 24.0 Å². The molecule has 0 saturated heterocycles. The van der Waals surface area contributed by atoms with Gasteiger partial charge in [0.05, 0.1) is 11.1 Å². The second-order valence-electron chi connectivity index (χ2n) is 9.80. The van der Waals surface area contributed by atoms with Crippen LogP contribution in [0.25, 0.3) is 33.6 Å². The smallest absolute Gasteiger partial charge is 0.284 e. The highest BCUT2D eigenvalue weighted by molar-refractivity contribution is 6.06. The minimum absolute atomic E-state index is 0.235. The molecule has 0 bridgehead atoms. The molecule has 0 saturated carbocycles. The summed E-state index contributed by atoms with van der Waals surface area (Å²) in [5.74, 6) is -14.5. The Kier molecular flexibility index (Phi) is 8.18. The lowest BCUT2D eigenvalue weighted by Gasteiger charge is -2.22. The van der Waals surface area contributed by atoms with E-state index in [1.165, 1.54) is 72.0 Å². The van der Waals surface area contributed by atoms with E-state index in [0.717, 1.165) is 13.8 Å². The van der Waals surface area contributed by atoms with E-state index >= 15 is 17.6 Å². The number of aromatic nitrogens is 2. The van der Waals surface area contributed by atoms with E-state index in [-0.39, 0.29) is 11.4 Å². The molecule has 0 amide bonds. The molecule has 0 spiro atoms. The minimum Gasteiger partial charge on any atom is -0.284 e. The molecule has 4 nitrogen and oxygen atoms in total. The number of Topliss-reactive ketones (excluding diaryl/α,β-unsaturated/α-hetero) is 2. The van der Waals surface area contributed by atoms with Crippen LogP contribution in [0.1, 0.15) is 31.8 Å². The fraction of sp³-hybridized carbons (Fsp3) is 0.200. The second-order valence-corrected chi connectivity index (χ2v) is 9.80. The largest absolute Gasteiger partial charge is 0.455 e.